The van der Waals surface area contributed by atoms with E-state index < -0.39 is 17.5 Å². The van der Waals surface area contributed by atoms with E-state index in [-0.39, 0.29) is 0 Å². The van der Waals surface area contributed by atoms with Gasteiger partial charge in [0.25, 0.3) is 0 Å². The maximum Gasteiger partial charge on any atom is 0.336 e. The lowest BCUT2D eigenvalue weighted by Gasteiger charge is -2.26. The minimum atomic E-state index is -0.748. The number of nitrogens with zero attached hydrogens (tertiary/aromatic N) is 2. The van der Waals surface area contributed by atoms with Gasteiger partial charge in [-0.2, -0.15) is 0 Å². The van der Waals surface area contributed by atoms with Gasteiger partial charge in [0.15, 0.2) is 5.84 Å². The summed E-state index contributed by atoms with van der Waals surface area (Å²) in [6.45, 7) is 0. The van der Waals surface area contributed by atoms with E-state index in [1.165, 1.54) is 12.1 Å². The van der Waals surface area contributed by atoms with Crippen molar-refractivity contribution < 1.29 is 13.7 Å². The predicted octanol–water partition coefficient (Wildman–Crippen LogP) is 4.80. The van der Waals surface area contributed by atoms with E-state index >= 15 is 0 Å². The third kappa shape index (κ3) is 3.18. The Morgan fingerprint density at radius 2 is 1.30 bits per heavy atom. The van der Waals surface area contributed by atoms with E-state index in [0.29, 0.717) is 28.1 Å². The SMILES string of the molecule is O=c1cc(C2=NOC(c3cc(=O)oc4ccccc34)N2c2ccccc2)c2ccccc2o1. The number of para-hydroxylation sites is 3. The first-order valence-electron chi connectivity index (χ1n) is 10.3. The second-order valence-electron chi connectivity index (χ2n) is 7.57. The number of oxime groups is 1. The smallest absolute Gasteiger partial charge is 0.336 e. The van der Waals surface area contributed by atoms with Gasteiger partial charge >= 0.3 is 11.3 Å². The van der Waals surface area contributed by atoms with Crippen LogP contribution in [0.5, 0.6) is 0 Å². The Balaban J connectivity index is 1.59. The van der Waals surface area contributed by atoms with Gasteiger partial charge in [-0.05, 0) is 24.3 Å². The highest BCUT2D eigenvalue weighted by Crippen LogP contribution is 2.38. The van der Waals surface area contributed by atoms with Crippen LogP contribution in [0.4, 0.5) is 5.69 Å². The lowest BCUT2D eigenvalue weighted by molar-refractivity contribution is 0.0875. The molecule has 0 fully saturated rings. The van der Waals surface area contributed by atoms with Crippen LogP contribution in [0.3, 0.4) is 0 Å². The highest BCUT2D eigenvalue weighted by Gasteiger charge is 2.36. The van der Waals surface area contributed by atoms with Gasteiger partial charge in [0.2, 0.25) is 6.23 Å². The molecule has 7 heteroatoms. The van der Waals surface area contributed by atoms with Gasteiger partial charge in [-0.1, -0.05) is 59.8 Å². The summed E-state index contributed by atoms with van der Waals surface area (Å²) in [4.78, 5) is 32.5. The van der Waals surface area contributed by atoms with Crippen molar-refractivity contribution in [2.75, 3.05) is 4.90 Å². The van der Waals surface area contributed by atoms with Crippen LogP contribution in [-0.4, -0.2) is 5.84 Å². The molecule has 7 nitrogen and oxygen atoms in total. The molecule has 0 saturated carbocycles. The van der Waals surface area contributed by atoms with Crippen LogP contribution in [0, 0.1) is 0 Å². The van der Waals surface area contributed by atoms with Crippen molar-refractivity contribution >= 4 is 33.5 Å². The molecule has 1 aliphatic heterocycles. The first kappa shape index (κ1) is 19.1. The number of benzene rings is 3. The summed E-state index contributed by atoms with van der Waals surface area (Å²) in [5, 5.41) is 5.83. The molecule has 0 radical (unpaired) electrons. The molecular weight excluding hydrogens is 420 g/mol. The fourth-order valence-corrected chi connectivity index (χ4v) is 4.16. The average Bonchev–Trinajstić information content (AvgIpc) is 3.28. The topological polar surface area (TPSA) is 85.2 Å². The van der Waals surface area contributed by atoms with Crippen molar-refractivity contribution in [3.05, 3.63) is 123 Å². The van der Waals surface area contributed by atoms with Crippen LogP contribution >= 0.6 is 0 Å². The molecule has 6 rings (SSSR count). The third-order valence-electron chi connectivity index (χ3n) is 5.57. The number of amidine groups is 1. The largest absolute Gasteiger partial charge is 0.423 e. The first-order valence-corrected chi connectivity index (χ1v) is 10.3. The van der Waals surface area contributed by atoms with E-state index in [4.69, 9.17) is 13.7 Å². The zero-order chi connectivity index (χ0) is 22.4. The second-order valence-corrected chi connectivity index (χ2v) is 7.57. The Morgan fingerprint density at radius 1 is 0.697 bits per heavy atom. The molecular formula is C26H16N2O5. The van der Waals surface area contributed by atoms with Crippen LogP contribution in [0.1, 0.15) is 17.4 Å². The lowest BCUT2D eigenvalue weighted by Crippen LogP contribution is -2.32. The van der Waals surface area contributed by atoms with E-state index in [1.54, 1.807) is 24.3 Å². The van der Waals surface area contributed by atoms with Crippen LogP contribution in [0.2, 0.25) is 0 Å². The number of anilines is 1. The van der Waals surface area contributed by atoms with Gasteiger partial charge in [-0.3, -0.25) is 4.90 Å². The van der Waals surface area contributed by atoms with Gasteiger partial charge in [0.05, 0.1) is 0 Å². The number of hydrogen-bond acceptors (Lipinski definition) is 7. The van der Waals surface area contributed by atoms with E-state index in [0.717, 1.165) is 16.5 Å². The minimum Gasteiger partial charge on any atom is -0.423 e. The van der Waals surface area contributed by atoms with Crippen molar-refractivity contribution in [1.29, 1.82) is 0 Å². The van der Waals surface area contributed by atoms with Crippen LogP contribution < -0.4 is 16.2 Å². The normalized spacial score (nSPS) is 15.6. The Labute approximate surface area is 186 Å². The Hall–Kier alpha value is -4.65. The summed E-state index contributed by atoms with van der Waals surface area (Å²) in [5.74, 6) is 0.438. The van der Waals surface area contributed by atoms with Gasteiger partial charge < -0.3 is 13.7 Å². The van der Waals surface area contributed by atoms with Crippen LogP contribution in [0.25, 0.3) is 21.9 Å². The minimum absolute atomic E-state index is 0.438. The zero-order valence-electron chi connectivity index (χ0n) is 17.2. The van der Waals surface area contributed by atoms with Crippen molar-refractivity contribution in [2.24, 2.45) is 5.16 Å². The average molecular weight is 436 g/mol. The third-order valence-corrected chi connectivity index (χ3v) is 5.57. The maximum atomic E-state index is 12.3. The highest BCUT2D eigenvalue weighted by atomic mass is 16.7. The standard InChI is InChI=1S/C26H16N2O5/c29-23-14-19(17-10-4-6-12-21(17)31-23)25-27-33-26(28(25)16-8-2-1-3-9-16)20-15-24(30)32-22-13-7-5-11-18(20)22/h1-15,26H. The second kappa shape index (κ2) is 7.49. The molecule has 5 aromatic rings. The molecule has 160 valence electrons. The predicted molar refractivity (Wildman–Crippen MR) is 124 cm³/mol. The molecule has 0 aliphatic carbocycles. The summed E-state index contributed by atoms with van der Waals surface area (Å²) in [7, 11) is 0. The first-order chi connectivity index (χ1) is 16.2. The Morgan fingerprint density at radius 3 is 2.06 bits per heavy atom. The molecule has 0 spiro atoms. The van der Waals surface area contributed by atoms with Crippen molar-refractivity contribution in [3.63, 3.8) is 0 Å². The fourth-order valence-electron chi connectivity index (χ4n) is 4.16. The number of fused-ring (bicyclic) bond motifs is 2. The molecule has 0 amide bonds. The molecule has 3 aromatic carbocycles. The summed E-state index contributed by atoms with van der Waals surface area (Å²) < 4.78 is 10.7. The van der Waals surface area contributed by atoms with Crippen LogP contribution in [0.15, 0.2) is 115 Å². The molecule has 0 saturated heterocycles. The summed E-state index contributed by atoms with van der Waals surface area (Å²) in [6.07, 6.45) is -0.748. The highest BCUT2D eigenvalue weighted by molar-refractivity contribution is 6.17. The molecule has 33 heavy (non-hydrogen) atoms. The number of rotatable bonds is 3. The zero-order valence-corrected chi connectivity index (χ0v) is 17.2. The summed E-state index contributed by atoms with van der Waals surface area (Å²) >= 11 is 0. The molecule has 0 bridgehead atoms. The van der Waals surface area contributed by atoms with E-state index in [9.17, 15) is 9.59 Å². The Kier molecular flexibility index (Phi) is 4.33. The molecule has 1 unspecified atom stereocenters. The Bertz CT molecular complexity index is 1650. The molecule has 1 atom stereocenters. The van der Waals surface area contributed by atoms with Gasteiger partial charge in [-0.25, -0.2) is 9.59 Å². The van der Waals surface area contributed by atoms with Crippen molar-refractivity contribution in [3.8, 4) is 0 Å². The molecule has 0 N–H and O–H groups in total. The van der Waals surface area contributed by atoms with Crippen LogP contribution in [-0.2, 0) is 4.84 Å². The molecule has 1 aliphatic rings. The van der Waals surface area contributed by atoms with Crippen molar-refractivity contribution in [1.82, 2.24) is 0 Å². The molecule has 3 heterocycles. The van der Waals surface area contributed by atoms with E-state index in [1.807, 2.05) is 59.5 Å². The van der Waals surface area contributed by atoms with Gasteiger partial charge in [-0.15, -0.1) is 0 Å². The molecule has 2 aromatic heterocycles. The van der Waals surface area contributed by atoms with Gasteiger partial charge in [0, 0.05) is 39.7 Å². The summed E-state index contributed by atoms with van der Waals surface area (Å²) in [6, 6.07) is 26.9. The summed E-state index contributed by atoms with van der Waals surface area (Å²) in [5.41, 5.74) is 1.89. The fraction of sp³-hybridized carbons (Fsp3) is 0.0385. The van der Waals surface area contributed by atoms with E-state index in [2.05, 4.69) is 5.16 Å². The monoisotopic (exact) mass is 436 g/mol. The lowest BCUT2D eigenvalue weighted by atomic mass is 10.0. The van der Waals surface area contributed by atoms with Crippen molar-refractivity contribution in [2.45, 2.75) is 6.23 Å². The number of hydrogen-bond donors (Lipinski definition) is 0. The quantitative estimate of drug-likeness (QED) is 0.378. The van der Waals surface area contributed by atoms with Gasteiger partial charge in [0.1, 0.15) is 11.2 Å². The maximum absolute atomic E-state index is 12.3.